The second-order valence-corrected chi connectivity index (χ2v) is 4.29. The van der Waals surface area contributed by atoms with Gasteiger partial charge in [0.1, 0.15) is 4.60 Å². The Morgan fingerprint density at radius 3 is 2.93 bits per heavy atom. The second kappa shape index (κ2) is 6.08. The van der Waals surface area contributed by atoms with E-state index >= 15 is 0 Å². The number of hydrogen-bond donors (Lipinski definition) is 1. The topological polar surface area (TPSA) is 34.1 Å². The highest BCUT2D eigenvalue weighted by molar-refractivity contribution is 9.10. The van der Waals surface area contributed by atoms with Gasteiger partial charge in [-0.25, -0.2) is 4.98 Å². The fourth-order valence-corrected chi connectivity index (χ4v) is 1.47. The normalized spacial score (nSPS) is 12.5. The van der Waals surface area contributed by atoms with Gasteiger partial charge >= 0.3 is 0 Å². The zero-order valence-electron chi connectivity index (χ0n) is 9.38. The van der Waals surface area contributed by atoms with Crippen molar-refractivity contribution in [3.05, 3.63) is 22.4 Å². The van der Waals surface area contributed by atoms with Crippen LogP contribution in [0.3, 0.4) is 0 Å². The lowest BCUT2D eigenvalue weighted by Crippen LogP contribution is -2.21. The summed E-state index contributed by atoms with van der Waals surface area (Å²) in [6.07, 6.45) is 1.82. The molecule has 0 bridgehead atoms. The highest BCUT2D eigenvalue weighted by Gasteiger charge is 2.03. The summed E-state index contributed by atoms with van der Waals surface area (Å²) in [7, 11) is 0. The van der Waals surface area contributed by atoms with E-state index < -0.39 is 0 Å². The third kappa shape index (κ3) is 4.18. The molecule has 1 rings (SSSR count). The standard InChI is InChI=1S/C11H17BrN2O/c1-4-15-7-9(3)14-10-5-8(2)11(12)13-6-10/h5-6,9,14H,4,7H2,1-3H3. The van der Waals surface area contributed by atoms with Crippen LogP contribution in [0.5, 0.6) is 0 Å². The molecule has 1 atom stereocenters. The molecule has 0 aliphatic carbocycles. The lowest BCUT2D eigenvalue weighted by Gasteiger charge is -2.15. The molecule has 1 aromatic heterocycles. The first-order valence-corrected chi connectivity index (χ1v) is 5.89. The largest absolute Gasteiger partial charge is 0.380 e. The van der Waals surface area contributed by atoms with Crippen LogP contribution >= 0.6 is 15.9 Å². The molecule has 15 heavy (non-hydrogen) atoms. The van der Waals surface area contributed by atoms with E-state index in [4.69, 9.17) is 4.74 Å². The maximum atomic E-state index is 5.33. The van der Waals surface area contributed by atoms with Crippen molar-refractivity contribution in [1.29, 1.82) is 0 Å². The Bertz CT molecular complexity index is 317. The van der Waals surface area contributed by atoms with Gasteiger partial charge in [-0.3, -0.25) is 0 Å². The summed E-state index contributed by atoms with van der Waals surface area (Å²) >= 11 is 3.37. The fraction of sp³-hybridized carbons (Fsp3) is 0.545. The summed E-state index contributed by atoms with van der Waals surface area (Å²) in [4.78, 5) is 4.23. The van der Waals surface area contributed by atoms with E-state index in [1.54, 1.807) is 0 Å². The number of ether oxygens (including phenoxy) is 1. The third-order valence-electron chi connectivity index (χ3n) is 2.00. The highest BCUT2D eigenvalue weighted by Crippen LogP contribution is 2.17. The molecule has 0 aliphatic rings. The molecule has 0 saturated heterocycles. The van der Waals surface area contributed by atoms with Crippen LogP contribution < -0.4 is 5.32 Å². The molecular weight excluding hydrogens is 256 g/mol. The van der Waals surface area contributed by atoms with E-state index in [0.29, 0.717) is 12.6 Å². The molecule has 4 heteroatoms. The predicted molar refractivity (Wildman–Crippen MR) is 66.3 cm³/mol. The van der Waals surface area contributed by atoms with Crippen molar-refractivity contribution in [1.82, 2.24) is 4.98 Å². The van der Waals surface area contributed by atoms with Crippen molar-refractivity contribution in [2.24, 2.45) is 0 Å². The number of aryl methyl sites for hydroxylation is 1. The van der Waals surface area contributed by atoms with Gasteiger partial charge in [-0.2, -0.15) is 0 Å². The number of nitrogens with one attached hydrogen (secondary N) is 1. The molecule has 84 valence electrons. The Morgan fingerprint density at radius 2 is 2.33 bits per heavy atom. The quantitative estimate of drug-likeness (QED) is 0.837. The highest BCUT2D eigenvalue weighted by atomic mass is 79.9. The van der Waals surface area contributed by atoms with Crippen molar-refractivity contribution in [2.75, 3.05) is 18.5 Å². The molecule has 0 fully saturated rings. The molecule has 0 aromatic carbocycles. The molecule has 1 unspecified atom stereocenters. The molecule has 0 amide bonds. The minimum absolute atomic E-state index is 0.298. The lowest BCUT2D eigenvalue weighted by atomic mass is 10.2. The number of aromatic nitrogens is 1. The Labute approximate surface area is 99.4 Å². The smallest absolute Gasteiger partial charge is 0.109 e. The third-order valence-corrected chi connectivity index (χ3v) is 2.83. The van der Waals surface area contributed by atoms with E-state index in [-0.39, 0.29) is 0 Å². The predicted octanol–water partition coefficient (Wildman–Crippen LogP) is 2.99. The van der Waals surface area contributed by atoms with Crippen LogP contribution in [0.25, 0.3) is 0 Å². The molecular formula is C11H17BrN2O. The Balaban J connectivity index is 2.53. The van der Waals surface area contributed by atoms with E-state index in [1.165, 1.54) is 0 Å². The van der Waals surface area contributed by atoms with Crippen LogP contribution in [0.4, 0.5) is 5.69 Å². The number of pyridine rings is 1. The number of rotatable bonds is 5. The van der Waals surface area contributed by atoms with Crippen molar-refractivity contribution in [2.45, 2.75) is 26.8 Å². The summed E-state index contributed by atoms with van der Waals surface area (Å²) in [5, 5.41) is 3.34. The fourth-order valence-electron chi connectivity index (χ4n) is 1.26. The Kier molecular flexibility index (Phi) is 5.05. The maximum Gasteiger partial charge on any atom is 0.109 e. The first kappa shape index (κ1) is 12.5. The average Bonchev–Trinajstić information content (AvgIpc) is 2.20. The SMILES string of the molecule is CCOCC(C)Nc1cnc(Br)c(C)c1. The van der Waals surface area contributed by atoms with Crippen molar-refractivity contribution in [3.63, 3.8) is 0 Å². The van der Waals surface area contributed by atoms with Gasteiger partial charge in [0, 0.05) is 12.6 Å². The molecule has 0 radical (unpaired) electrons. The molecule has 0 saturated carbocycles. The van der Waals surface area contributed by atoms with Gasteiger partial charge in [-0.05, 0) is 48.3 Å². The number of nitrogens with zero attached hydrogens (tertiary/aromatic N) is 1. The van der Waals surface area contributed by atoms with Gasteiger partial charge < -0.3 is 10.1 Å². The first-order valence-electron chi connectivity index (χ1n) is 5.10. The van der Waals surface area contributed by atoms with E-state index in [1.807, 2.05) is 20.0 Å². The summed E-state index contributed by atoms with van der Waals surface area (Å²) in [6, 6.07) is 2.37. The van der Waals surface area contributed by atoms with Crippen molar-refractivity contribution >= 4 is 21.6 Å². The number of hydrogen-bond acceptors (Lipinski definition) is 3. The monoisotopic (exact) mass is 272 g/mol. The van der Waals surface area contributed by atoms with Crippen LogP contribution in [-0.4, -0.2) is 24.2 Å². The van der Waals surface area contributed by atoms with Gasteiger partial charge in [-0.15, -0.1) is 0 Å². The molecule has 0 spiro atoms. The Morgan fingerprint density at radius 1 is 1.60 bits per heavy atom. The summed E-state index contributed by atoms with van der Waals surface area (Å²) < 4.78 is 6.22. The minimum Gasteiger partial charge on any atom is -0.380 e. The van der Waals surface area contributed by atoms with Gasteiger partial charge in [-0.1, -0.05) is 0 Å². The van der Waals surface area contributed by atoms with E-state index in [2.05, 4.69) is 39.2 Å². The van der Waals surface area contributed by atoms with Crippen LogP contribution in [-0.2, 0) is 4.74 Å². The maximum absolute atomic E-state index is 5.33. The molecule has 1 N–H and O–H groups in total. The van der Waals surface area contributed by atoms with Gasteiger partial charge in [0.05, 0.1) is 18.5 Å². The van der Waals surface area contributed by atoms with Crippen molar-refractivity contribution in [3.8, 4) is 0 Å². The van der Waals surface area contributed by atoms with Crippen LogP contribution in [0.1, 0.15) is 19.4 Å². The van der Waals surface area contributed by atoms with Crippen LogP contribution in [0.2, 0.25) is 0 Å². The van der Waals surface area contributed by atoms with Gasteiger partial charge in [0.2, 0.25) is 0 Å². The summed E-state index contributed by atoms with van der Waals surface area (Å²) in [5.41, 5.74) is 2.16. The molecule has 1 aromatic rings. The van der Waals surface area contributed by atoms with Crippen LogP contribution in [0.15, 0.2) is 16.9 Å². The molecule has 1 heterocycles. The summed E-state index contributed by atoms with van der Waals surface area (Å²) in [5.74, 6) is 0. The van der Waals surface area contributed by atoms with E-state index in [9.17, 15) is 0 Å². The molecule has 0 aliphatic heterocycles. The zero-order chi connectivity index (χ0) is 11.3. The van der Waals surface area contributed by atoms with Crippen LogP contribution in [0, 0.1) is 6.92 Å². The Hall–Kier alpha value is -0.610. The minimum atomic E-state index is 0.298. The first-order chi connectivity index (χ1) is 7.13. The van der Waals surface area contributed by atoms with Gasteiger partial charge in [0.15, 0.2) is 0 Å². The lowest BCUT2D eigenvalue weighted by molar-refractivity contribution is 0.141. The second-order valence-electron chi connectivity index (χ2n) is 3.54. The van der Waals surface area contributed by atoms with Crippen molar-refractivity contribution < 1.29 is 4.74 Å². The average molecular weight is 273 g/mol. The number of halogens is 1. The van der Waals surface area contributed by atoms with E-state index in [0.717, 1.165) is 22.5 Å². The number of anilines is 1. The summed E-state index contributed by atoms with van der Waals surface area (Å²) in [6.45, 7) is 7.58. The molecule has 3 nitrogen and oxygen atoms in total. The van der Waals surface area contributed by atoms with Gasteiger partial charge in [0.25, 0.3) is 0 Å². The zero-order valence-corrected chi connectivity index (χ0v) is 11.0.